The molecule has 2 fully saturated rings. The predicted molar refractivity (Wildman–Crippen MR) is 85.6 cm³/mol. The summed E-state index contributed by atoms with van der Waals surface area (Å²) in [6.07, 6.45) is 8.11. The minimum atomic E-state index is 0.717. The van der Waals surface area contributed by atoms with E-state index in [9.17, 15) is 0 Å². The largest absolute Gasteiger partial charge is 0.381 e. The van der Waals surface area contributed by atoms with Crippen LogP contribution in [0.25, 0.3) is 0 Å². The van der Waals surface area contributed by atoms with Crippen LogP contribution in [0.2, 0.25) is 0 Å². The van der Waals surface area contributed by atoms with Gasteiger partial charge in [0.2, 0.25) is 0 Å². The third-order valence-electron chi connectivity index (χ3n) is 5.39. The number of imidazole rings is 1. The molecule has 0 aliphatic carbocycles. The number of nitrogens with zero attached hydrogens (tertiary/aromatic N) is 4. The van der Waals surface area contributed by atoms with Gasteiger partial charge in [0.15, 0.2) is 0 Å². The lowest BCUT2D eigenvalue weighted by atomic mass is 10.1. The number of hydrogen-bond donors (Lipinski definition) is 0. The minimum absolute atomic E-state index is 0.717. The molecule has 3 aliphatic heterocycles. The molecule has 0 aromatic carbocycles. The Labute approximate surface area is 133 Å². The zero-order chi connectivity index (χ0) is 14.8. The van der Waals surface area contributed by atoms with Crippen molar-refractivity contribution < 1.29 is 4.74 Å². The van der Waals surface area contributed by atoms with Gasteiger partial charge >= 0.3 is 0 Å². The van der Waals surface area contributed by atoms with Gasteiger partial charge in [-0.15, -0.1) is 0 Å². The number of aromatic nitrogens is 2. The number of rotatable bonds is 4. The standard InChI is InChI=1S/C17H28N4O/c1-2-6-19(5-1)10-16-11-20(9-15-3-8-22-14-15)13-17-18-4-7-21(17)12-16/h4,7,15-16H,1-3,5-6,8-14H2/t15-,16-/m0/s1. The van der Waals surface area contributed by atoms with Gasteiger partial charge in [-0.05, 0) is 38.3 Å². The van der Waals surface area contributed by atoms with Crippen LogP contribution >= 0.6 is 0 Å². The van der Waals surface area contributed by atoms with Crippen LogP contribution in [0.5, 0.6) is 0 Å². The van der Waals surface area contributed by atoms with E-state index >= 15 is 0 Å². The zero-order valence-electron chi connectivity index (χ0n) is 13.5. The summed E-state index contributed by atoms with van der Waals surface area (Å²) in [5, 5.41) is 0. The number of likely N-dealkylation sites (tertiary alicyclic amines) is 1. The first-order valence-corrected chi connectivity index (χ1v) is 8.89. The highest BCUT2D eigenvalue weighted by atomic mass is 16.5. The molecule has 0 amide bonds. The highest BCUT2D eigenvalue weighted by Crippen LogP contribution is 2.21. The summed E-state index contributed by atoms with van der Waals surface area (Å²) in [5.74, 6) is 2.67. The van der Waals surface area contributed by atoms with Gasteiger partial charge in [-0.1, -0.05) is 0 Å². The third kappa shape index (κ3) is 3.36. The maximum Gasteiger partial charge on any atom is 0.122 e. The quantitative estimate of drug-likeness (QED) is 0.843. The van der Waals surface area contributed by atoms with Crippen LogP contribution in [0.4, 0.5) is 0 Å². The molecular weight excluding hydrogens is 276 g/mol. The van der Waals surface area contributed by atoms with Gasteiger partial charge in [-0.3, -0.25) is 4.90 Å². The van der Waals surface area contributed by atoms with Crippen molar-refractivity contribution in [1.82, 2.24) is 19.4 Å². The van der Waals surface area contributed by atoms with E-state index in [0.29, 0.717) is 5.92 Å². The van der Waals surface area contributed by atoms with E-state index in [-0.39, 0.29) is 0 Å². The summed E-state index contributed by atoms with van der Waals surface area (Å²) >= 11 is 0. The molecule has 4 rings (SSSR count). The van der Waals surface area contributed by atoms with E-state index in [1.807, 2.05) is 6.20 Å². The Morgan fingerprint density at radius 1 is 1.09 bits per heavy atom. The van der Waals surface area contributed by atoms with E-state index in [4.69, 9.17) is 4.74 Å². The summed E-state index contributed by atoms with van der Waals surface area (Å²) in [5.41, 5.74) is 0. The summed E-state index contributed by atoms with van der Waals surface area (Å²) in [7, 11) is 0. The Balaban J connectivity index is 1.44. The van der Waals surface area contributed by atoms with E-state index < -0.39 is 0 Å². The molecule has 1 aromatic heterocycles. The van der Waals surface area contributed by atoms with Crippen molar-refractivity contribution in [2.24, 2.45) is 11.8 Å². The van der Waals surface area contributed by atoms with Crippen LogP contribution in [0.1, 0.15) is 25.1 Å². The first-order valence-electron chi connectivity index (χ1n) is 8.89. The molecule has 5 nitrogen and oxygen atoms in total. The first kappa shape index (κ1) is 14.7. The molecule has 0 spiro atoms. The Hall–Kier alpha value is -0.910. The average Bonchev–Trinajstić information content (AvgIpc) is 3.22. The van der Waals surface area contributed by atoms with Gasteiger partial charge in [0.05, 0.1) is 13.2 Å². The van der Waals surface area contributed by atoms with Gasteiger partial charge in [-0.2, -0.15) is 0 Å². The van der Waals surface area contributed by atoms with Crippen LogP contribution in [0.3, 0.4) is 0 Å². The van der Waals surface area contributed by atoms with Crippen molar-refractivity contribution >= 4 is 0 Å². The second kappa shape index (κ2) is 6.69. The van der Waals surface area contributed by atoms with Gasteiger partial charge in [0.1, 0.15) is 5.82 Å². The molecule has 0 bridgehead atoms. The average molecular weight is 304 g/mol. The number of ether oxygens (including phenoxy) is 1. The fraction of sp³-hybridized carbons (Fsp3) is 0.824. The lowest BCUT2D eigenvalue weighted by Crippen LogP contribution is -2.37. The van der Waals surface area contributed by atoms with Gasteiger partial charge in [0.25, 0.3) is 0 Å². The molecule has 5 heteroatoms. The van der Waals surface area contributed by atoms with E-state index in [2.05, 4.69) is 25.5 Å². The molecule has 4 heterocycles. The Bertz CT molecular complexity index is 436. The summed E-state index contributed by atoms with van der Waals surface area (Å²) in [4.78, 5) is 9.87. The topological polar surface area (TPSA) is 33.5 Å². The van der Waals surface area contributed by atoms with Gasteiger partial charge in [-0.25, -0.2) is 4.98 Å². The van der Waals surface area contributed by atoms with E-state index in [1.54, 1.807) is 0 Å². The van der Waals surface area contributed by atoms with E-state index in [1.165, 1.54) is 57.8 Å². The van der Waals surface area contributed by atoms with Crippen LogP contribution in [-0.4, -0.2) is 65.3 Å². The molecule has 3 aliphatic rings. The fourth-order valence-corrected chi connectivity index (χ4v) is 4.30. The molecule has 1 aromatic rings. The Morgan fingerprint density at radius 3 is 2.77 bits per heavy atom. The lowest BCUT2D eigenvalue weighted by Gasteiger charge is -2.28. The van der Waals surface area contributed by atoms with Crippen molar-refractivity contribution in [2.45, 2.75) is 32.4 Å². The second-order valence-electron chi connectivity index (χ2n) is 7.29. The molecule has 0 unspecified atom stereocenters. The van der Waals surface area contributed by atoms with Crippen molar-refractivity contribution in [3.8, 4) is 0 Å². The molecule has 0 N–H and O–H groups in total. The van der Waals surface area contributed by atoms with Crippen molar-refractivity contribution in [2.75, 3.05) is 45.9 Å². The SMILES string of the molecule is c1cn2c(n1)CN(C[C@@H]1CCOC1)C[C@H](CN1CCCC1)C2. The predicted octanol–water partition coefficient (Wildman–Crippen LogP) is 1.45. The monoisotopic (exact) mass is 304 g/mol. The van der Waals surface area contributed by atoms with Crippen molar-refractivity contribution in [3.05, 3.63) is 18.2 Å². The van der Waals surface area contributed by atoms with Crippen LogP contribution in [-0.2, 0) is 17.8 Å². The van der Waals surface area contributed by atoms with Crippen molar-refractivity contribution in [1.29, 1.82) is 0 Å². The molecular formula is C17H28N4O. The summed E-state index contributed by atoms with van der Waals surface area (Å²) in [6.45, 7) is 10.2. The van der Waals surface area contributed by atoms with E-state index in [0.717, 1.165) is 32.2 Å². The summed E-state index contributed by atoms with van der Waals surface area (Å²) < 4.78 is 7.94. The van der Waals surface area contributed by atoms with Crippen LogP contribution in [0.15, 0.2) is 12.4 Å². The first-order chi connectivity index (χ1) is 10.9. The second-order valence-corrected chi connectivity index (χ2v) is 7.29. The van der Waals surface area contributed by atoms with Gasteiger partial charge in [0, 0.05) is 51.1 Å². The third-order valence-corrected chi connectivity index (χ3v) is 5.39. The smallest absolute Gasteiger partial charge is 0.122 e. The molecule has 0 radical (unpaired) electrons. The molecule has 122 valence electrons. The Morgan fingerprint density at radius 2 is 1.95 bits per heavy atom. The maximum absolute atomic E-state index is 5.56. The Kier molecular flexibility index (Phi) is 4.46. The summed E-state index contributed by atoms with van der Waals surface area (Å²) in [6, 6.07) is 0. The highest BCUT2D eigenvalue weighted by molar-refractivity contribution is 4.96. The number of hydrogen-bond acceptors (Lipinski definition) is 4. The van der Waals surface area contributed by atoms with Crippen molar-refractivity contribution in [3.63, 3.8) is 0 Å². The number of fused-ring (bicyclic) bond motifs is 1. The molecule has 2 atom stereocenters. The maximum atomic E-state index is 5.56. The normalized spacial score (nSPS) is 30.5. The minimum Gasteiger partial charge on any atom is -0.381 e. The molecule has 0 saturated carbocycles. The van der Waals surface area contributed by atoms with Crippen LogP contribution < -0.4 is 0 Å². The highest BCUT2D eigenvalue weighted by Gasteiger charge is 2.27. The zero-order valence-corrected chi connectivity index (χ0v) is 13.5. The molecule has 22 heavy (non-hydrogen) atoms. The fourth-order valence-electron chi connectivity index (χ4n) is 4.30. The lowest BCUT2D eigenvalue weighted by molar-refractivity contribution is 0.147. The van der Waals surface area contributed by atoms with Gasteiger partial charge < -0.3 is 14.2 Å². The molecule has 2 saturated heterocycles. The van der Waals surface area contributed by atoms with Crippen LogP contribution in [0, 0.1) is 11.8 Å².